The topological polar surface area (TPSA) is 84.7 Å². The molecule has 7 nitrogen and oxygen atoms in total. The molecule has 0 radical (unpaired) electrons. The Balaban J connectivity index is 1.25. The van der Waals surface area contributed by atoms with Gasteiger partial charge in [-0.3, -0.25) is 9.59 Å². The number of hydrogen-bond donors (Lipinski definition) is 1. The maximum Gasteiger partial charge on any atom is 0.289 e. The van der Waals surface area contributed by atoms with Gasteiger partial charge in [-0.25, -0.2) is 4.98 Å². The van der Waals surface area contributed by atoms with Crippen LogP contribution in [0.3, 0.4) is 0 Å². The second kappa shape index (κ2) is 8.91. The summed E-state index contributed by atoms with van der Waals surface area (Å²) in [4.78, 5) is 30.7. The molecule has 1 fully saturated rings. The number of likely N-dealkylation sites (tertiary alicyclic amines) is 1. The highest BCUT2D eigenvalue weighted by atomic mass is 32.1. The third-order valence-electron chi connectivity index (χ3n) is 4.84. The molecule has 150 valence electrons. The molecule has 1 aliphatic heterocycles. The largest absolute Gasteiger partial charge is 0.487 e. The van der Waals surface area contributed by atoms with Gasteiger partial charge in [0.25, 0.3) is 11.8 Å². The number of aromatic nitrogens is 1. The van der Waals surface area contributed by atoms with Crippen LogP contribution >= 0.6 is 11.3 Å². The molecule has 2 amide bonds. The van der Waals surface area contributed by atoms with E-state index in [2.05, 4.69) is 10.3 Å². The number of ether oxygens (including phenoxy) is 1. The number of benzene rings is 1. The smallest absolute Gasteiger partial charge is 0.289 e. The Morgan fingerprint density at radius 2 is 2.00 bits per heavy atom. The van der Waals surface area contributed by atoms with Crippen molar-refractivity contribution in [2.75, 3.05) is 13.1 Å². The molecule has 0 spiro atoms. The average molecular weight is 411 g/mol. The number of amides is 2. The molecule has 1 aromatic carbocycles. The van der Waals surface area contributed by atoms with Gasteiger partial charge in [0.15, 0.2) is 5.76 Å². The maximum atomic E-state index is 12.5. The molecule has 0 unspecified atom stereocenters. The van der Waals surface area contributed by atoms with Gasteiger partial charge in [0.05, 0.1) is 17.5 Å². The molecule has 0 saturated carbocycles. The third kappa shape index (κ3) is 4.83. The zero-order valence-electron chi connectivity index (χ0n) is 15.7. The van der Waals surface area contributed by atoms with Gasteiger partial charge in [-0.1, -0.05) is 0 Å². The predicted molar refractivity (Wildman–Crippen MR) is 108 cm³/mol. The van der Waals surface area contributed by atoms with E-state index in [0.29, 0.717) is 49.6 Å². The summed E-state index contributed by atoms with van der Waals surface area (Å²) in [5, 5.41) is 4.99. The van der Waals surface area contributed by atoms with Crippen LogP contribution in [0.25, 0.3) is 0 Å². The lowest BCUT2D eigenvalue weighted by Crippen LogP contribution is -2.46. The number of furan rings is 1. The molecule has 3 aromatic rings. The van der Waals surface area contributed by atoms with Crippen molar-refractivity contribution in [3.8, 4) is 5.75 Å². The number of carbonyl (C=O) groups excluding carboxylic acids is 2. The quantitative estimate of drug-likeness (QED) is 0.672. The van der Waals surface area contributed by atoms with Crippen LogP contribution in [0.15, 0.2) is 58.0 Å². The molecule has 29 heavy (non-hydrogen) atoms. The maximum absolute atomic E-state index is 12.5. The van der Waals surface area contributed by atoms with Crippen LogP contribution in [0, 0.1) is 0 Å². The summed E-state index contributed by atoms with van der Waals surface area (Å²) in [6.07, 6.45) is 2.93. The van der Waals surface area contributed by atoms with E-state index in [4.69, 9.17) is 9.15 Å². The van der Waals surface area contributed by atoms with Crippen LogP contribution in [0.5, 0.6) is 5.75 Å². The van der Waals surface area contributed by atoms with Gasteiger partial charge >= 0.3 is 0 Å². The van der Waals surface area contributed by atoms with Crippen LogP contribution < -0.4 is 10.1 Å². The fraction of sp³-hybridized carbons (Fsp3) is 0.286. The summed E-state index contributed by atoms with van der Waals surface area (Å²) in [6, 6.07) is 10.5. The Morgan fingerprint density at radius 3 is 2.66 bits per heavy atom. The fourth-order valence-electron chi connectivity index (χ4n) is 3.22. The van der Waals surface area contributed by atoms with E-state index in [1.165, 1.54) is 17.6 Å². The SMILES string of the molecule is O=C(NC1CCN(C(=O)c2ccco2)CC1)c1ccc(OCc2cscn2)cc1. The van der Waals surface area contributed by atoms with Crippen molar-refractivity contribution in [2.24, 2.45) is 0 Å². The molecule has 3 heterocycles. The number of nitrogens with one attached hydrogen (secondary N) is 1. The van der Waals surface area contributed by atoms with Crippen LogP contribution in [-0.2, 0) is 6.61 Å². The highest BCUT2D eigenvalue weighted by Crippen LogP contribution is 2.17. The molecule has 8 heteroatoms. The molecule has 2 aromatic heterocycles. The van der Waals surface area contributed by atoms with Gasteiger partial charge in [-0.15, -0.1) is 11.3 Å². The normalized spacial score (nSPS) is 14.6. The lowest BCUT2D eigenvalue weighted by Gasteiger charge is -2.31. The number of piperidine rings is 1. The van der Waals surface area contributed by atoms with Crippen LogP contribution in [-0.4, -0.2) is 40.8 Å². The van der Waals surface area contributed by atoms with E-state index >= 15 is 0 Å². The minimum absolute atomic E-state index is 0.0451. The summed E-state index contributed by atoms with van der Waals surface area (Å²) in [7, 11) is 0. The summed E-state index contributed by atoms with van der Waals surface area (Å²) >= 11 is 1.53. The van der Waals surface area contributed by atoms with Crippen LogP contribution in [0.1, 0.15) is 39.4 Å². The van der Waals surface area contributed by atoms with E-state index in [0.717, 1.165) is 5.69 Å². The number of nitrogens with zero attached hydrogens (tertiary/aromatic N) is 2. The molecule has 1 N–H and O–H groups in total. The Kier molecular flexibility index (Phi) is 5.90. The second-order valence-corrected chi connectivity index (χ2v) is 7.53. The number of carbonyl (C=O) groups is 2. The molecule has 0 atom stereocenters. The highest BCUT2D eigenvalue weighted by molar-refractivity contribution is 7.07. The molecule has 1 saturated heterocycles. The van der Waals surface area contributed by atoms with E-state index in [1.807, 2.05) is 5.38 Å². The monoisotopic (exact) mass is 411 g/mol. The van der Waals surface area contributed by atoms with E-state index in [-0.39, 0.29) is 17.9 Å². The van der Waals surface area contributed by atoms with Crippen molar-refractivity contribution in [1.82, 2.24) is 15.2 Å². The molecule has 4 rings (SSSR count). The minimum Gasteiger partial charge on any atom is -0.487 e. The van der Waals surface area contributed by atoms with Crippen molar-refractivity contribution < 1.29 is 18.7 Å². The highest BCUT2D eigenvalue weighted by Gasteiger charge is 2.26. The zero-order valence-corrected chi connectivity index (χ0v) is 16.6. The Morgan fingerprint density at radius 1 is 1.21 bits per heavy atom. The lowest BCUT2D eigenvalue weighted by molar-refractivity contribution is 0.0667. The predicted octanol–water partition coefficient (Wildman–Crippen LogP) is 3.35. The van der Waals surface area contributed by atoms with Crippen LogP contribution in [0.2, 0.25) is 0 Å². The summed E-state index contributed by atoms with van der Waals surface area (Å²) in [6.45, 7) is 1.59. The summed E-state index contributed by atoms with van der Waals surface area (Å²) in [5.41, 5.74) is 3.23. The molecular formula is C21H21N3O4S. The van der Waals surface area contributed by atoms with Gasteiger partial charge in [0.1, 0.15) is 12.4 Å². The van der Waals surface area contributed by atoms with Gasteiger partial charge in [-0.2, -0.15) is 0 Å². The third-order valence-corrected chi connectivity index (χ3v) is 5.47. The first-order chi connectivity index (χ1) is 14.2. The molecule has 0 aliphatic carbocycles. The van der Waals surface area contributed by atoms with Crippen molar-refractivity contribution in [3.05, 3.63) is 70.6 Å². The summed E-state index contributed by atoms with van der Waals surface area (Å²) in [5.74, 6) is 0.823. The first-order valence-corrected chi connectivity index (χ1v) is 10.4. The Hall–Kier alpha value is -3.13. The van der Waals surface area contributed by atoms with Gasteiger partial charge in [0, 0.05) is 30.1 Å². The molecule has 1 aliphatic rings. The standard InChI is InChI=1S/C21H21N3O4S/c25-20(15-3-5-18(6-4-15)28-12-17-13-29-14-22-17)23-16-7-9-24(10-8-16)21(26)19-2-1-11-27-19/h1-6,11,13-14,16H,7-10,12H2,(H,23,25). The van der Waals surface area contributed by atoms with Crippen LogP contribution in [0.4, 0.5) is 0 Å². The van der Waals surface area contributed by atoms with Gasteiger partial charge < -0.3 is 19.4 Å². The first-order valence-electron chi connectivity index (χ1n) is 9.42. The van der Waals surface area contributed by atoms with Gasteiger partial charge in [0.2, 0.25) is 0 Å². The number of thiazole rings is 1. The van der Waals surface area contributed by atoms with Crippen molar-refractivity contribution in [3.63, 3.8) is 0 Å². The Labute approximate surface area is 172 Å². The minimum atomic E-state index is -0.119. The number of hydrogen-bond acceptors (Lipinski definition) is 6. The average Bonchev–Trinajstić information content (AvgIpc) is 3.47. The van der Waals surface area contributed by atoms with Crippen molar-refractivity contribution in [2.45, 2.75) is 25.5 Å². The number of rotatable bonds is 6. The molecular weight excluding hydrogens is 390 g/mol. The van der Waals surface area contributed by atoms with E-state index in [1.54, 1.807) is 46.8 Å². The van der Waals surface area contributed by atoms with Crippen molar-refractivity contribution in [1.29, 1.82) is 0 Å². The van der Waals surface area contributed by atoms with E-state index in [9.17, 15) is 9.59 Å². The fourth-order valence-corrected chi connectivity index (χ4v) is 3.76. The van der Waals surface area contributed by atoms with Gasteiger partial charge in [-0.05, 0) is 49.2 Å². The lowest BCUT2D eigenvalue weighted by atomic mass is 10.0. The van der Waals surface area contributed by atoms with E-state index < -0.39 is 0 Å². The van der Waals surface area contributed by atoms with Crippen molar-refractivity contribution >= 4 is 23.2 Å². The molecule has 0 bridgehead atoms. The second-order valence-electron chi connectivity index (χ2n) is 6.81. The zero-order chi connectivity index (χ0) is 20.1. The first kappa shape index (κ1) is 19.2. The summed E-state index contributed by atoms with van der Waals surface area (Å²) < 4.78 is 10.8. The Bertz CT molecular complexity index is 931.